The molecule has 0 aromatic carbocycles. The molecule has 1 heterocycles. The van der Waals surface area contributed by atoms with Crippen LogP contribution in [0.15, 0.2) is 12.4 Å². The second-order valence-electron chi connectivity index (χ2n) is 4.83. The summed E-state index contributed by atoms with van der Waals surface area (Å²) < 4.78 is 0. The minimum absolute atomic E-state index is 0.0905. The molecule has 0 spiro atoms. The largest absolute Gasteiger partial charge is 0.358 e. The molecule has 0 radical (unpaired) electrons. The molecular weight excluding hydrogens is 240 g/mol. The van der Waals surface area contributed by atoms with Gasteiger partial charge in [0, 0.05) is 11.6 Å². The Bertz CT molecular complexity index is 403. The fourth-order valence-electron chi connectivity index (χ4n) is 1.18. The van der Waals surface area contributed by atoms with Crippen molar-refractivity contribution in [3.63, 3.8) is 0 Å². The number of carbonyl (C=O) groups is 1. The van der Waals surface area contributed by atoms with E-state index in [4.69, 9.17) is 11.6 Å². The van der Waals surface area contributed by atoms with Crippen molar-refractivity contribution in [3.05, 3.63) is 17.5 Å². The van der Waals surface area contributed by atoms with Crippen LogP contribution in [0.5, 0.6) is 0 Å². The number of nitrogens with one attached hydrogen (secondary N) is 2. The summed E-state index contributed by atoms with van der Waals surface area (Å²) in [6.07, 6.45) is 1.35. The Morgan fingerprint density at radius 2 is 2.06 bits per heavy atom. The van der Waals surface area contributed by atoms with Crippen LogP contribution in [0.25, 0.3) is 0 Å². The van der Waals surface area contributed by atoms with Gasteiger partial charge in [0.15, 0.2) is 0 Å². The van der Waals surface area contributed by atoms with Crippen LogP contribution in [0.3, 0.4) is 0 Å². The minimum Gasteiger partial charge on any atom is -0.358 e. The molecule has 0 aliphatic heterocycles. The van der Waals surface area contributed by atoms with Crippen molar-refractivity contribution in [3.8, 4) is 0 Å². The van der Waals surface area contributed by atoms with E-state index in [2.05, 4.69) is 20.6 Å². The lowest BCUT2D eigenvalue weighted by Gasteiger charge is -2.23. The van der Waals surface area contributed by atoms with Gasteiger partial charge in [-0.3, -0.25) is 4.79 Å². The molecule has 0 saturated heterocycles. The first-order valence-electron chi connectivity index (χ1n) is 5.34. The smallest absolute Gasteiger partial charge is 0.242 e. The van der Waals surface area contributed by atoms with Crippen LogP contribution in [-0.2, 0) is 4.79 Å². The highest BCUT2D eigenvalue weighted by Gasteiger charge is 2.19. The zero-order valence-electron chi connectivity index (χ0n) is 10.4. The summed E-state index contributed by atoms with van der Waals surface area (Å²) >= 11 is 5.72. The van der Waals surface area contributed by atoms with Crippen molar-refractivity contribution in [2.75, 3.05) is 5.32 Å². The van der Waals surface area contributed by atoms with E-state index in [1.54, 1.807) is 13.0 Å². The topological polar surface area (TPSA) is 66.9 Å². The first-order chi connectivity index (χ1) is 7.78. The quantitative estimate of drug-likeness (QED) is 0.810. The van der Waals surface area contributed by atoms with Crippen molar-refractivity contribution in [2.24, 2.45) is 0 Å². The Labute approximate surface area is 106 Å². The highest BCUT2D eigenvalue weighted by atomic mass is 35.5. The maximum Gasteiger partial charge on any atom is 0.242 e. The van der Waals surface area contributed by atoms with E-state index in [0.717, 1.165) is 0 Å². The van der Waals surface area contributed by atoms with Gasteiger partial charge in [-0.25, -0.2) is 9.97 Å². The molecular formula is C11H17ClN4O. The fourth-order valence-corrected chi connectivity index (χ4v) is 1.32. The van der Waals surface area contributed by atoms with Crippen LogP contribution >= 0.6 is 11.6 Å². The van der Waals surface area contributed by atoms with Gasteiger partial charge >= 0.3 is 0 Å². The molecule has 1 atom stereocenters. The molecule has 2 N–H and O–H groups in total. The van der Waals surface area contributed by atoms with Crippen LogP contribution in [0.1, 0.15) is 27.7 Å². The van der Waals surface area contributed by atoms with Crippen LogP contribution < -0.4 is 10.6 Å². The van der Waals surface area contributed by atoms with Crippen LogP contribution in [0.2, 0.25) is 5.15 Å². The average molecular weight is 257 g/mol. The Balaban J connectivity index is 2.60. The van der Waals surface area contributed by atoms with Gasteiger partial charge in [-0.2, -0.15) is 0 Å². The molecule has 17 heavy (non-hydrogen) atoms. The molecule has 1 rings (SSSR count). The van der Waals surface area contributed by atoms with E-state index in [0.29, 0.717) is 11.0 Å². The predicted octanol–water partition coefficient (Wildman–Crippen LogP) is 1.85. The van der Waals surface area contributed by atoms with Gasteiger partial charge in [-0.15, -0.1) is 0 Å². The van der Waals surface area contributed by atoms with E-state index < -0.39 is 0 Å². The zero-order valence-corrected chi connectivity index (χ0v) is 11.2. The second-order valence-corrected chi connectivity index (χ2v) is 5.22. The van der Waals surface area contributed by atoms with Crippen molar-refractivity contribution in [2.45, 2.75) is 39.3 Å². The van der Waals surface area contributed by atoms with Gasteiger partial charge in [-0.1, -0.05) is 11.6 Å². The van der Waals surface area contributed by atoms with E-state index in [1.807, 2.05) is 20.8 Å². The number of halogens is 1. The molecule has 1 aromatic heterocycles. The number of anilines is 1. The Morgan fingerprint density at radius 1 is 1.41 bits per heavy atom. The third-order valence-electron chi connectivity index (χ3n) is 1.89. The molecule has 0 aliphatic carbocycles. The van der Waals surface area contributed by atoms with E-state index in [1.165, 1.54) is 6.33 Å². The van der Waals surface area contributed by atoms with Gasteiger partial charge in [0.25, 0.3) is 0 Å². The summed E-state index contributed by atoms with van der Waals surface area (Å²) in [7, 11) is 0. The van der Waals surface area contributed by atoms with Gasteiger partial charge in [-0.05, 0) is 27.7 Å². The van der Waals surface area contributed by atoms with E-state index in [9.17, 15) is 4.79 Å². The minimum atomic E-state index is -0.389. The Morgan fingerprint density at radius 3 is 2.59 bits per heavy atom. The molecule has 0 fully saturated rings. The van der Waals surface area contributed by atoms with Crippen LogP contribution in [0.4, 0.5) is 5.82 Å². The lowest BCUT2D eigenvalue weighted by atomic mass is 10.1. The summed E-state index contributed by atoms with van der Waals surface area (Å²) in [6, 6.07) is 1.18. The van der Waals surface area contributed by atoms with E-state index >= 15 is 0 Å². The number of hydrogen-bond donors (Lipinski definition) is 2. The van der Waals surface area contributed by atoms with Crippen molar-refractivity contribution < 1.29 is 4.79 Å². The molecule has 0 bridgehead atoms. The highest BCUT2D eigenvalue weighted by molar-refractivity contribution is 6.29. The summed E-state index contributed by atoms with van der Waals surface area (Å²) in [5.41, 5.74) is -0.254. The lowest BCUT2D eigenvalue weighted by molar-refractivity contribution is -0.122. The third-order valence-corrected chi connectivity index (χ3v) is 2.10. The van der Waals surface area contributed by atoms with Gasteiger partial charge in [0.05, 0.1) is 0 Å². The normalized spacial score (nSPS) is 13.0. The van der Waals surface area contributed by atoms with Gasteiger partial charge in [0.2, 0.25) is 5.91 Å². The summed E-state index contributed by atoms with van der Waals surface area (Å²) in [6.45, 7) is 7.55. The summed E-state index contributed by atoms with van der Waals surface area (Å²) in [5.74, 6) is 0.439. The Hall–Kier alpha value is -1.36. The number of aromatic nitrogens is 2. The van der Waals surface area contributed by atoms with Crippen molar-refractivity contribution in [1.29, 1.82) is 0 Å². The molecule has 5 nitrogen and oxygen atoms in total. The van der Waals surface area contributed by atoms with Gasteiger partial charge in [0.1, 0.15) is 23.3 Å². The van der Waals surface area contributed by atoms with Crippen LogP contribution in [-0.4, -0.2) is 27.5 Å². The second kappa shape index (κ2) is 5.31. The average Bonchev–Trinajstić information content (AvgIpc) is 2.14. The highest BCUT2D eigenvalue weighted by Crippen LogP contribution is 2.10. The maximum atomic E-state index is 11.8. The SMILES string of the molecule is CC(Nc1cc(Cl)ncn1)C(=O)NC(C)(C)C. The summed E-state index contributed by atoms with van der Waals surface area (Å²) in [5, 5.41) is 6.17. The van der Waals surface area contributed by atoms with Gasteiger partial charge < -0.3 is 10.6 Å². The number of nitrogens with zero attached hydrogens (tertiary/aromatic N) is 2. The monoisotopic (exact) mass is 256 g/mol. The molecule has 6 heteroatoms. The predicted molar refractivity (Wildman–Crippen MR) is 68.0 cm³/mol. The van der Waals surface area contributed by atoms with E-state index in [-0.39, 0.29) is 17.5 Å². The number of rotatable bonds is 3. The standard InChI is InChI=1S/C11H17ClN4O/c1-7(10(17)16-11(2,3)4)15-9-5-8(12)13-6-14-9/h5-7H,1-4H3,(H,16,17)(H,13,14,15). The fraction of sp³-hybridized carbons (Fsp3) is 0.545. The zero-order chi connectivity index (χ0) is 13.1. The third kappa shape index (κ3) is 4.99. The van der Waals surface area contributed by atoms with Crippen molar-refractivity contribution in [1.82, 2.24) is 15.3 Å². The molecule has 1 unspecified atom stereocenters. The van der Waals surface area contributed by atoms with Crippen LogP contribution in [0, 0.1) is 0 Å². The molecule has 0 aliphatic rings. The number of hydrogen-bond acceptors (Lipinski definition) is 4. The first-order valence-corrected chi connectivity index (χ1v) is 5.72. The number of amides is 1. The maximum absolute atomic E-state index is 11.8. The lowest BCUT2D eigenvalue weighted by Crippen LogP contribution is -2.47. The molecule has 0 saturated carbocycles. The Kier molecular flexibility index (Phi) is 4.28. The first kappa shape index (κ1) is 13.7. The molecule has 1 amide bonds. The molecule has 94 valence electrons. The van der Waals surface area contributed by atoms with Crippen molar-refractivity contribution >= 4 is 23.3 Å². The summed E-state index contributed by atoms with van der Waals surface area (Å²) in [4.78, 5) is 19.5. The number of carbonyl (C=O) groups excluding carboxylic acids is 1. The molecule has 1 aromatic rings.